The number of hydrogen-bond acceptors (Lipinski definition) is 5. The molecule has 1 heterocycles. The van der Waals surface area contributed by atoms with E-state index in [1.165, 1.54) is 25.7 Å². The van der Waals surface area contributed by atoms with E-state index in [2.05, 4.69) is 46.5 Å². The number of hydrogen-bond donors (Lipinski definition) is 2. The third-order valence-corrected chi connectivity index (χ3v) is 4.48. The van der Waals surface area contributed by atoms with Gasteiger partial charge in [-0.15, -0.1) is 0 Å². The highest BCUT2D eigenvalue weighted by atomic mass is 15.2. The number of aromatic nitrogens is 2. The number of aryl methyl sites for hydroxylation is 1. The van der Waals surface area contributed by atoms with Gasteiger partial charge < -0.3 is 15.5 Å². The van der Waals surface area contributed by atoms with E-state index >= 15 is 0 Å². The van der Waals surface area contributed by atoms with Crippen LogP contribution in [0, 0.1) is 6.92 Å². The van der Waals surface area contributed by atoms with Gasteiger partial charge >= 0.3 is 0 Å². The number of nitrogens with zero attached hydrogens (tertiary/aromatic N) is 3. The zero-order chi connectivity index (χ0) is 15.3. The highest BCUT2D eigenvalue weighted by molar-refractivity contribution is 5.47. The molecule has 0 atom stereocenters. The summed E-state index contributed by atoms with van der Waals surface area (Å²) in [5, 5.41) is 6.87. The van der Waals surface area contributed by atoms with Gasteiger partial charge in [-0.25, -0.2) is 9.97 Å². The molecule has 0 aromatic carbocycles. The molecule has 0 aliphatic heterocycles. The van der Waals surface area contributed by atoms with Crippen molar-refractivity contribution >= 4 is 11.6 Å². The number of nitrogens with one attached hydrogen (secondary N) is 2. The van der Waals surface area contributed by atoms with Crippen molar-refractivity contribution in [2.75, 3.05) is 37.8 Å². The molecule has 1 aliphatic rings. The second kappa shape index (κ2) is 7.07. The van der Waals surface area contributed by atoms with Crippen LogP contribution < -0.4 is 10.6 Å². The molecule has 0 unspecified atom stereocenters. The van der Waals surface area contributed by atoms with Crippen molar-refractivity contribution < 1.29 is 0 Å². The van der Waals surface area contributed by atoms with E-state index in [4.69, 9.17) is 0 Å². The Kier molecular flexibility index (Phi) is 5.39. The summed E-state index contributed by atoms with van der Waals surface area (Å²) < 4.78 is 0. The first-order valence-corrected chi connectivity index (χ1v) is 8.06. The predicted octanol–water partition coefficient (Wildman–Crippen LogP) is 2.89. The average Bonchev–Trinajstić information content (AvgIpc) is 2.93. The Balaban J connectivity index is 2.03. The van der Waals surface area contributed by atoms with E-state index in [1.54, 1.807) is 0 Å². The van der Waals surface area contributed by atoms with E-state index in [0.29, 0.717) is 0 Å². The molecule has 0 radical (unpaired) electrons. The number of rotatable bonds is 7. The van der Waals surface area contributed by atoms with E-state index in [0.717, 1.165) is 37.0 Å². The van der Waals surface area contributed by atoms with Crippen molar-refractivity contribution in [1.82, 2.24) is 14.9 Å². The van der Waals surface area contributed by atoms with Gasteiger partial charge in [-0.1, -0.05) is 19.8 Å². The molecule has 5 heteroatoms. The zero-order valence-corrected chi connectivity index (χ0v) is 13.9. The molecule has 1 aromatic heterocycles. The molecular weight excluding hydrogens is 262 g/mol. The largest absolute Gasteiger partial charge is 0.370 e. The highest BCUT2D eigenvalue weighted by Crippen LogP contribution is 2.33. The number of anilines is 2. The highest BCUT2D eigenvalue weighted by Gasteiger charge is 2.35. The Morgan fingerprint density at radius 1 is 1.14 bits per heavy atom. The van der Waals surface area contributed by atoms with Gasteiger partial charge in [0.25, 0.3) is 0 Å². The van der Waals surface area contributed by atoms with Crippen LogP contribution in [0.2, 0.25) is 0 Å². The Morgan fingerprint density at radius 2 is 1.76 bits per heavy atom. The minimum absolute atomic E-state index is 0.274. The first-order valence-electron chi connectivity index (χ1n) is 8.06. The first kappa shape index (κ1) is 16.0. The maximum Gasteiger partial charge on any atom is 0.131 e. The van der Waals surface area contributed by atoms with Crippen molar-refractivity contribution in [3.8, 4) is 0 Å². The van der Waals surface area contributed by atoms with Crippen molar-refractivity contribution in [1.29, 1.82) is 0 Å². The molecule has 0 amide bonds. The summed E-state index contributed by atoms with van der Waals surface area (Å²) in [5.74, 6) is 2.65. The molecule has 1 fully saturated rings. The lowest BCUT2D eigenvalue weighted by molar-refractivity contribution is 0.172. The van der Waals surface area contributed by atoms with Crippen LogP contribution in [-0.2, 0) is 0 Å². The molecule has 0 saturated heterocycles. The van der Waals surface area contributed by atoms with Gasteiger partial charge in [-0.05, 0) is 40.3 Å². The van der Waals surface area contributed by atoms with E-state index < -0.39 is 0 Å². The third kappa shape index (κ3) is 4.06. The minimum atomic E-state index is 0.274. The Hall–Kier alpha value is -1.36. The molecule has 118 valence electrons. The molecule has 21 heavy (non-hydrogen) atoms. The van der Waals surface area contributed by atoms with Gasteiger partial charge in [0.1, 0.15) is 17.5 Å². The zero-order valence-electron chi connectivity index (χ0n) is 13.9. The monoisotopic (exact) mass is 291 g/mol. The van der Waals surface area contributed by atoms with Crippen molar-refractivity contribution in [3.63, 3.8) is 0 Å². The van der Waals surface area contributed by atoms with Crippen LogP contribution >= 0.6 is 0 Å². The smallest absolute Gasteiger partial charge is 0.131 e. The molecule has 1 saturated carbocycles. The summed E-state index contributed by atoms with van der Waals surface area (Å²) in [6, 6.07) is 2.01. The van der Waals surface area contributed by atoms with Crippen LogP contribution in [0.15, 0.2) is 6.07 Å². The van der Waals surface area contributed by atoms with Crippen molar-refractivity contribution in [3.05, 3.63) is 11.9 Å². The lowest BCUT2D eigenvalue weighted by atomic mass is 9.96. The second-order valence-electron chi connectivity index (χ2n) is 6.29. The molecule has 1 aromatic rings. The molecule has 5 nitrogen and oxygen atoms in total. The number of likely N-dealkylation sites (N-methyl/N-ethyl adjacent to an activating group) is 1. The van der Waals surface area contributed by atoms with Gasteiger partial charge in [0.15, 0.2) is 0 Å². The predicted molar refractivity (Wildman–Crippen MR) is 88.9 cm³/mol. The fraction of sp³-hybridized carbons (Fsp3) is 0.750. The van der Waals surface area contributed by atoms with Gasteiger partial charge in [0, 0.05) is 24.7 Å². The third-order valence-electron chi connectivity index (χ3n) is 4.48. The first-order chi connectivity index (χ1) is 10.1. The summed E-state index contributed by atoms with van der Waals surface area (Å²) in [5.41, 5.74) is 0.274. The normalized spacial score (nSPS) is 17.2. The van der Waals surface area contributed by atoms with Gasteiger partial charge in [-0.3, -0.25) is 0 Å². The fourth-order valence-electron chi connectivity index (χ4n) is 3.07. The Morgan fingerprint density at radius 3 is 2.33 bits per heavy atom. The molecule has 0 bridgehead atoms. The van der Waals surface area contributed by atoms with E-state index in [9.17, 15) is 0 Å². The SMILES string of the molecule is CCCNc1cc(NCC2(N(C)C)CCCC2)nc(C)n1. The topological polar surface area (TPSA) is 53.1 Å². The minimum Gasteiger partial charge on any atom is -0.370 e. The Labute approximate surface area is 128 Å². The lowest BCUT2D eigenvalue weighted by Gasteiger charge is -2.36. The maximum atomic E-state index is 4.51. The van der Waals surface area contributed by atoms with Crippen molar-refractivity contribution in [2.24, 2.45) is 0 Å². The molecule has 0 spiro atoms. The Bertz CT molecular complexity index is 452. The fourth-order valence-corrected chi connectivity index (χ4v) is 3.07. The van der Waals surface area contributed by atoms with Crippen LogP contribution in [0.5, 0.6) is 0 Å². The summed E-state index contributed by atoms with van der Waals surface area (Å²) in [4.78, 5) is 11.3. The van der Waals surface area contributed by atoms with Crippen LogP contribution in [0.25, 0.3) is 0 Å². The standard InChI is InChI=1S/C16H29N5/c1-5-10-17-14-11-15(20-13(2)19-14)18-12-16(21(3)4)8-6-7-9-16/h11H,5-10,12H2,1-4H3,(H2,17,18,19,20). The van der Waals surface area contributed by atoms with Crippen LogP contribution in [0.4, 0.5) is 11.6 Å². The average molecular weight is 291 g/mol. The lowest BCUT2D eigenvalue weighted by Crippen LogP contribution is -2.47. The summed E-state index contributed by atoms with van der Waals surface area (Å²) in [6.07, 6.45) is 6.27. The van der Waals surface area contributed by atoms with Gasteiger partial charge in [0.2, 0.25) is 0 Å². The summed E-state index contributed by atoms with van der Waals surface area (Å²) >= 11 is 0. The van der Waals surface area contributed by atoms with Crippen LogP contribution in [0.1, 0.15) is 44.9 Å². The molecular formula is C16H29N5. The van der Waals surface area contributed by atoms with Gasteiger partial charge in [0.05, 0.1) is 0 Å². The molecule has 2 rings (SSSR count). The quantitative estimate of drug-likeness (QED) is 0.809. The second-order valence-corrected chi connectivity index (χ2v) is 6.29. The van der Waals surface area contributed by atoms with Gasteiger partial charge in [-0.2, -0.15) is 0 Å². The summed E-state index contributed by atoms with van der Waals surface area (Å²) in [7, 11) is 4.37. The summed E-state index contributed by atoms with van der Waals surface area (Å²) in [6.45, 7) is 5.99. The van der Waals surface area contributed by atoms with E-state index in [-0.39, 0.29) is 5.54 Å². The molecule has 1 aliphatic carbocycles. The van der Waals surface area contributed by atoms with Crippen LogP contribution in [0.3, 0.4) is 0 Å². The molecule has 2 N–H and O–H groups in total. The van der Waals surface area contributed by atoms with Crippen molar-refractivity contribution in [2.45, 2.75) is 51.5 Å². The maximum absolute atomic E-state index is 4.51. The van der Waals surface area contributed by atoms with Crippen LogP contribution in [-0.4, -0.2) is 47.6 Å². The van der Waals surface area contributed by atoms with E-state index in [1.807, 2.05) is 13.0 Å².